The number of likely N-dealkylation sites (tertiary alicyclic amines) is 1. The monoisotopic (exact) mass is 405 g/mol. The molecule has 30 heavy (non-hydrogen) atoms. The zero-order valence-electron chi connectivity index (χ0n) is 17.7. The molecule has 2 N–H and O–H groups in total. The molecule has 1 saturated heterocycles. The Morgan fingerprint density at radius 3 is 2.87 bits per heavy atom. The minimum Gasteiger partial charge on any atom is -0.347 e. The molecule has 0 bridgehead atoms. The van der Waals surface area contributed by atoms with Gasteiger partial charge in [0.25, 0.3) is 5.91 Å². The molecule has 5 heteroatoms. The van der Waals surface area contributed by atoms with E-state index in [2.05, 4.69) is 52.9 Å². The molecule has 158 valence electrons. The largest absolute Gasteiger partial charge is 0.347 e. The molecule has 1 atom stereocenters. The lowest BCUT2D eigenvalue weighted by atomic mass is 9.97. The molecule has 1 aromatic heterocycles. The summed E-state index contributed by atoms with van der Waals surface area (Å²) in [5.41, 5.74) is 6.60. The van der Waals surface area contributed by atoms with E-state index in [0.29, 0.717) is 5.92 Å². The quantitative estimate of drug-likeness (QED) is 0.400. The Morgan fingerprint density at radius 1 is 1.30 bits per heavy atom. The molecule has 1 aliphatic heterocycles. The third kappa shape index (κ3) is 4.91. The van der Waals surface area contributed by atoms with Crippen molar-refractivity contribution in [3.63, 3.8) is 0 Å². The minimum atomic E-state index is -0.520. The van der Waals surface area contributed by atoms with Gasteiger partial charge in [0.2, 0.25) is 0 Å². The molecule has 1 aromatic carbocycles. The van der Waals surface area contributed by atoms with Crippen LogP contribution in [0.4, 0.5) is 0 Å². The summed E-state index contributed by atoms with van der Waals surface area (Å²) in [5.74, 6) is 0.126. The van der Waals surface area contributed by atoms with Crippen molar-refractivity contribution in [1.82, 2.24) is 14.9 Å². The summed E-state index contributed by atoms with van der Waals surface area (Å²) in [6, 6.07) is 6.33. The second-order valence-electron chi connectivity index (χ2n) is 8.52. The van der Waals surface area contributed by atoms with Crippen LogP contribution in [0.3, 0.4) is 0 Å². The molecule has 2 aromatic rings. The molecule has 5 nitrogen and oxygen atoms in total. The fourth-order valence-corrected chi connectivity index (χ4v) is 4.40. The lowest BCUT2D eigenvalue weighted by molar-refractivity contribution is -0.124. The molecule has 0 spiro atoms. The molecule has 1 amide bonds. The lowest BCUT2D eigenvalue weighted by Gasteiger charge is -2.13. The number of amides is 1. The van der Waals surface area contributed by atoms with Crippen LogP contribution in [0.5, 0.6) is 0 Å². The van der Waals surface area contributed by atoms with Crippen LogP contribution in [0, 0.1) is 5.92 Å². The molecular formula is C25H31N3O2. The number of hydroxylamine groups is 1. The number of carbonyl (C=O) groups is 1. The predicted molar refractivity (Wildman–Crippen MR) is 121 cm³/mol. The molecule has 1 aliphatic carbocycles. The van der Waals surface area contributed by atoms with Crippen molar-refractivity contribution in [3.8, 4) is 0 Å². The highest BCUT2D eigenvalue weighted by Crippen LogP contribution is 2.27. The summed E-state index contributed by atoms with van der Waals surface area (Å²) in [6.45, 7) is 6.51. The number of hydrogen-bond donors (Lipinski definition) is 2. The highest BCUT2D eigenvalue weighted by atomic mass is 16.5. The Bertz CT molecular complexity index is 993. The van der Waals surface area contributed by atoms with Crippen LogP contribution in [0.25, 0.3) is 17.0 Å². The fourth-order valence-electron chi connectivity index (χ4n) is 4.40. The minimum absolute atomic E-state index is 0.520. The first-order valence-corrected chi connectivity index (χ1v) is 11.0. The Balaban J connectivity index is 1.59. The van der Waals surface area contributed by atoms with Crippen molar-refractivity contribution >= 4 is 22.9 Å². The van der Waals surface area contributed by atoms with Crippen molar-refractivity contribution in [3.05, 3.63) is 65.4 Å². The summed E-state index contributed by atoms with van der Waals surface area (Å²) in [7, 11) is 0. The molecule has 1 fully saturated rings. The third-order valence-corrected chi connectivity index (χ3v) is 6.15. The van der Waals surface area contributed by atoms with Crippen LogP contribution in [-0.2, 0) is 17.9 Å². The van der Waals surface area contributed by atoms with Gasteiger partial charge >= 0.3 is 0 Å². The van der Waals surface area contributed by atoms with Gasteiger partial charge in [-0.25, -0.2) is 5.48 Å². The van der Waals surface area contributed by atoms with E-state index in [1.165, 1.54) is 54.0 Å². The molecule has 1 unspecified atom stereocenters. The fraction of sp³-hybridized carbons (Fsp3) is 0.400. The highest BCUT2D eigenvalue weighted by molar-refractivity contribution is 5.92. The zero-order chi connectivity index (χ0) is 20.9. The maximum atomic E-state index is 11.3. The number of allylic oxidation sites excluding steroid dienone is 4. The molecule has 0 radical (unpaired) electrons. The topological polar surface area (TPSA) is 57.5 Å². The molecule has 4 rings (SSSR count). The zero-order valence-corrected chi connectivity index (χ0v) is 17.7. The van der Waals surface area contributed by atoms with Crippen LogP contribution in [0.15, 0.2) is 54.3 Å². The second kappa shape index (κ2) is 9.45. The molecule has 2 heterocycles. The number of carbonyl (C=O) groups excluding carboxylic acids is 1. The Morgan fingerprint density at radius 2 is 2.13 bits per heavy atom. The van der Waals surface area contributed by atoms with Crippen molar-refractivity contribution in [2.24, 2.45) is 5.92 Å². The number of fused-ring (bicyclic) bond motifs is 1. The number of aryl methyl sites for hydroxylation is 1. The van der Waals surface area contributed by atoms with Crippen LogP contribution in [-0.4, -0.2) is 33.7 Å². The molecule has 2 aliphatic rings. The van der Waals surface area contributed by atoms with Gasteiger partial charge in [0, 0.05) is 36.3 Å². The van der Waals surface area contributed by atoms with Crippen LogP contribution in [0.2, 0.25) is 0 Å². The summed E-state index contributed by atoms with van der Waals surface area (Å²) in [6.07, 6.45) is 17.1. The van der Waals surface area contributed by atoms with Gasteiger partial charge in [0.15, 0.2) is 0 Å². The Hall–Kier alpha value is -2.63. The summed E-state index contributed by atoms with van der Waals surface area (Å²) in [4.78, 5) is 13.9. The smallest absolute Gasteiger partial charge is 0.267 e. The highest BCUT2D eigenvalue weighted by Gasteiger charge is 2.16. The Kier molecular flexibility index (Phi) is 6.50. The summed E-state index contributed by atoms with van der Waals surface area (Å²) >= 11 is 0. The Labute approximate surface area is 178 Å². The van der Waals surface area contributed by atoms with E-state index in [1.807, 2.05) is 6.07 Å². The summed E-state index contributed by atoms with van der Waals surface area (Å²) < 4.78 is 2.38. The van der Waals surface area contributed by atoms with E-state index >= 15 is 0 Å². The molecular weight excluding hydrogens is 374 g/mol. The van der Waals surface area contributed by atoms with Gasteiger partial charge < -0.3 is 4.57 Å². The molecule has 0 saturated carbocycles. The third-order valence-electron chi connectivity index (χ3n) is 6.15. The van der Waals surface area contributed by atoms with Gasteiger partial charge in [-0.3, -0.25) is 14.9 Å². The normalized spacial score (nSPS) is 19.7. The first-order chi connectivity index (χ1) is 14.6. The van der Waals surface area contributed by atoms with E-state index in [-0.39, 0.29) is 0 Å². The summed E-state index contributed by atoms with van der Waals surface area (Å²) in [5, 5.41) is 9.95. The number of rotatable bonds is 7. The number of nitrogens with one attached hydrogen (secondary N) is 1. The lowest BCUT2D eigenvalue weighted by Crippen LogP contribution is -2.18. The van der Waals surface area contributed by atoms with E-state index < -0.39 is 5.91 Å². The van der Waals surface area contributed by atoms with E-state index in [0.717, 1.165) is 31.5 Å². The first kappa shape index (κ1) is 20.6. The van der Waals surface area contributed by atoms with Gasteiger partial charge in [0.05, 0.1) is 0 Å². The first-order valence-electron chi connectivity index (χ1n) is 11.0. The second-order valence-corrected chi connectivity index (χ2v) is 8.52. The average molecular weight is 406 g/mol. The van der Waals surface area contributed by atoms with Crippen molar-refractivity contribution in [2.45, 2.75) is 45.7 Å². The maximum absolute atomic E-state index is 11.3. The van der Waals surface area contributed by atoms with Crippen LogP contribution in [0.1, 0.15) is 43.7 Å². The number of benzene rings is 1. The number of aromatic nitrogens is 1. The van der Waals surface area contributed by atoms with Crippen LogP contribution < -0.4 is 5.48 Å². The van der Waals surface area contributed by atoms with E-state index in [4.69, 9.17) is 5.21 Å². The van der Waals surface area contributed by atoms with Gasteiger partial charge in [-0.1, -0.05) is 36.8 Å². The van der Waals surface area contributed by atoms with Gasteiger partial charge in [0.1, 0.15) is 0 Å². The standard InChI is InChI=1S/C25H31N3O2/c1-19-4-6-20(7-5-19)12-15-28-18-22(17-27-13-2-3-14-27)23-16-21(8-10-24(23)28)9-11-25(29)26-30/h4,6-11,16,18-19,30H,2-3,5,12-15,17H2,1H3,(H,26,29)/b11-9+. The van der Waals surface area contributed by atoms with Crippen LogP contribution >= 0.6 is 0 Å². The van der Waals surface area contributed by atoms with Crippen molar-refractivity contribution < 1.29 is 10.0 Å². The predicted octanol–water partition coefficient (Wildman–Crippen LogP) is 4.67. The number of nitrogens with zero attached hydrogens (tertiary/aromatic N) is 2. The SMILES string of the molecule is CC1C=CC(CCn2cc(CN3CCCC3)c3cc(/C=C/C(=O)NO)ccc32)=CC1. The van der Waals surface area contributed by atoms with Gasteiger partial charge in [-0.05, 0) is 74.0 Å². The van der Waals surface area contributed by atoms with E-state index in [1.54, 1.807) is 11.6 Å². The van der Waals surface area contributed by atoms with Crippen molar-refractivity contribution in [2.75, 3.05) is 13.1 Å². The van der Waals surface area contributed by atoms with Gasteiger partial charge in [-0.2, -0.15) is 0 Å². The maximum Gasteiger partial charge on any atom is 0.267 e. The number of hydrogen-bond acceptors (Lipinski definition) is 3. The van der Waals surface area contributed by atoms with Crippen molar-refractivity contribution in [1.29, 1.82) is 0 Å². The average Bonchev–Trinajstić information content (AvgIpc) is 3.40. The van der Waals surface area contributed by atoms with E-state index in [9.17, 15) is 4.79 Å². The van der Waals surface area contributed by atoms with Gasteiger partial charge in [-0.15, -0.1) is 0 Å².